The molecule has 0 spiro atoms. The van der Waals surface area contributed by atoms with Gasteiger partial charge in [0.05, 0.1) is 21.5 Å². The standard InChI is InChI=1S/C26H28F3N5OS.2CH2O2/c27-26(28,29)20-13-17(15-30)5-7-19(20)21-16-34-22-8-6-18(14-23(22)36-25(34)32-21)24(35)31-9-4-12-33-10-2-1-3-11-33;2*2-1-3/h5-8,13-14,16H,1-4,9-12,15,30H2,(H,31,35);2*1H,(H,2,3). The van der Waals surface area contributed by atoms with Gasteiger partial charge in [-0.05, 0) is 68.7 Å². The largest absolute Gasteiger partial charge is 0.483 e. The van der Waals surface area contributed by atoms with Crippen LogP contribution >= 0.6 is 11.3 Å². The summed E-state index contributed by atoms with van der Waals surface area (Å²) in [6, 6.07) is 9.46. The molecule has 3 heterocycles. The SMILES string of the molecule is NCc1ccc(-c2cn3c(n2)sc2cc(C(=O)NCCCN4CCCCC4)ccc23)c(C(F)(F)F)c1.O=CO.O=CO. The van der Waals surface area contributed by atoms with E-state index in [1.54, 1.807) is 22.7 Å². The molecule has 2 aromatic heterocycles. The number of amides is 1. The van der Waals surface area contributed by atoms with Crippen LogP contribution in [0, 0.1) is 0 Å². The highest BCUT2D eigenvalue weighted by Crippen LogP contribution is 2.38. The average molecular weight is 608 g/mol. The Morgan fingerprint density at radius 3 is 2.40 bits per heavy atom. The summed E-state index contributed by atoms with van der Waals surface area (Å²) in [4.78, 5) is 36.9. The molecule has 0 radical (unpaired) electrons. The molecule has 4 aromatic rings. The van der Waals surface area contributed by atoms with Gasteiger partial charge in [-0.2, -0.15) is 13.2 Å². The molecule has 1 saturated heterocycles. The average Bonchev–Trinajstić information content (AvgIpc) is 3.53. The van der Waals surface area contributed by atoms with Gasteiger partial charge in [-0.1, -0.05) is 29.9 Å². The highest BCUT2D eigenvalue weighted by Gasteiger charge is 2.34. The highest BCUT2D eigenvalue weighted by molar-refractivity contribution is 7.23. The number of carbonyl (C=O) groups is 3. The number of hydrogen-bond donors (Lipinski definition) is 4. The molecule has 5 N–H and O–H groups in total. The van der Waals surface area contributed by atoms with Gasteiger partial charge in [-0.25, -0.2) is 4.98 Å². The van der Waals surface area contributed by atoms with Crippen molar-refractivity contribution >= 4 is 45.4 Å². The van der Waals surface area contributed by atoms with Gasteiger partial charge in [0.1, 0.15) is 0 Å². The Balaban J connectivity index is 0.000000745. The third kappa shape index (κ3) is 8.27. The summed E-state index contributed by atoms with van der Waals surface area (Å²) in [5, 5.41) is 16.8. The Bertz CT molecular complexity index is 1490. The van der Waals surface area contributed by atoms with Crippen LogP contribution in [-0.4, -0.2) is 69.5 Å². The van der Waals surface area contributed by atoms with E-state index in [0.29, 0.717) is 22.6 Å². The first-order valence-electron chi connectivity index (χ1n) is 13.1. The number of rotatable bonds is 7. The number of aromatic nitrogens is 2. The lowest BCUT2D eigenvalue weighted by molar-refractivity contribution is -0.137. The van der Waals surface area contributed by atoms with Gasteiger partial charge in [0, 0.05) is 30.4 Å². The quantitative estimate of drug-likeness (QED) is 0.174. The van der Waals surface area contributed by atoms with Crippen molar-refractivity contribution in [1.82, 2.24) is 19.6 Å². The van der Waals surface area contributed by atoms with E-state index in [9.17, 15) is 18.0 Å². The molecule has 5 rings (SSSR count). The number of thiazole rings is 1. The maximum Gasteiger partial charge on any atom is 0.417 e. The van der Waals surface area contributed by atoms with E-state index in [1.165, 1.54) is 36.7 Å². The van der Waals surface area contributed by atoms with Crippen molar-refractivity contribution in [2.24, 2.45) is 5.73 Å². The summed E-state index contributed by atoms with van der Waals surface area (Å²) in [5.41, 5.74) is 6.82. The predicted molar refractivity (Wildman–Crippen MR) is 154 cm³/mol. The molecule has 2 aromatic carbocycles. The molecule has 0 saturated carbocycles. The van der Waals surface area contributed by atoms with E-state index in [1.807, 2.05) is 12.1 Å². The second kappa shape index (κ2) is 15.3. The highest BCUT2D eigenvalue weighted by atomic mass is 32.1. The van der Waals surface area contributed by atoms with Gasteiger partial charge < -0.3 is 26.2 Å². The summed E-state index contributed by atoms with van der Waals surface area (Å²) < 4.78 is 43.7. The molecule has 0 aliphatic carbocycles. The van der Waals surface area contributed by atoms with Crippen molar-refractivity contribution in [3.8, 4) is 11.3 Å². The number of likely N-dealkylation sites (tertiary alicyclic amines) is 1. The Morgan fingerprint density at radius 1 is 1.07 bits per heavy atom. The lowest BCUT2D eigenvalue weighted by Gasteiger charge is -2.26. The Labute approximate surface area is 243 Å². The summed E-state index contributed by atoms with van der Waals surface area (Å²) in [6.45, 7) is 3.43. The van der Waals surface area contributed by atoms with E-state index in [2.05, 4.69) is 15.2 Å². The number of nitrogens with zero attached hydrogens (tertiary/aromatic N) is 3. The van der Waals surface area contributed by atoms with Gasteiger partial charge in [-0.3, -0.25) is 18.8 Å². The van der Waals surface area contributed by atoms with E-state index < -0.39 is 11.7 Å². The number of nitrogens with two attached hydrogens (primary N) is 1. The number of imidazole rings is 1. The first-order valence-corrected chi connectivity index (χ1v) is 14.0. The third-order valence-corrected chi connectivity index (χ3v) is 7.66. The zero-order valence-electron chi connectivity index (χ0n) is 22.6. The van der Waals surface area contributed by atoms with Crippen molar-refractivity contribution in [3.05, 3.63) is 59.3 Å². The van der Waals surface area contributed by atoms with E-state index in [4.69, 9.17) is 25.5 Å². The van der Waals surface area contributed by atoms with Crippen LogP contribution in [0.15, 0.2) is 42.6 Å². The van der Waals surface area contributed by atoms with Crippen LogP contribution < -0.4 is 11.1 Å². The van der Waals surface area contributed by atoms with E-state index >= 15 is 0 Å². The van der Waals surface area contributed by atoms with Crippen molar-refractivity contribution in [2.75, 3.05) is 26.2 Å². The summed E-state index contributed by atoms with van der Waals surface area (Å²) in [6.07, 6.45) is 1.82. The Kier molecular flexibility index (Phi) is 11.8. The molecular weight excluding hydrogens is 575 g/mol. The van der Waals surface area contributed by atoms with Crippen molar-refractivity contribution in [3.63, 3.8) is 0 Å². The van der Waals surface area contributed by atoms with Crippen LogP contribution in [0.25, 0.3) is 26.4 Å². The number of fused-ring (bicyclic) bond motifs is 3. The lowest BCUT2D eigenvalue weighted by Crippen LogP contribution is -2.33. The minimum atomic E-state index is -4.52. The monoisotopic (exact) mass is 607 g/mol. The summed E-state index contributed by atoms with van der Waals surface area (Å²) in [5.74, 6) is -0.128. The van der Waals surface area contributed by atoms with E-state index in [0.717, 1.165) is 42.3 Å². The molecule has 0 atom stereocenters. The number of halogens is 3. The minimum Gasteiger partial charge on any atom is -0.483 e. The maximum atomic E-state index is 13.7. The Hall–Kier alpha value is -4.01. The summed E-state index contributed by atoms with van der Waals surface area (Å²) >= 11 is 1.34. The smallest absolute Gasteiger partial charge is 0.417 e. The maximum absolute atomic E-state index is 13.7. The van der Waals surface area contributed by atoms with Crippen LogP contribution in [0.1, 0.15) is 47.2 Å². The second-order valence-electron chi connectivity index (χ2n) is 9.37. The predicted octanol–water partition coefficient (Wildman–Crippen LogP) is 4.70. The zero-order chi connectivity index (χ0) is 30.7. The van der Waals surface area contributed by atoms with Gasteiger partial charge in [-0.15, -0.1) is 0 Å². The fraction of sp³-hybridized carbons (Fsp3) is 0.357. The van der Waals surface area contributed by atoms with Crippen molar-refractivity contribution < 1.29 is 37.8 Å². The number of hydrogen-bond acceptors (Lipinski definition) is 7. The number of nitrogens with one attached hydrogen (secondary N) is 1. The topological polar surface area (TPSA) is 150 Å². The molecule has 14 heteroatoms. The third-order valence-electron chi connectivity index (χ3n) is 6.64. The molecule has 10 nitrogen and oxygen atoms in total. The van der Waals surface area contributed by atoms with Crippen LogP contribution in [0.3, 0.4) is 0 Å². The molecule has 226 valence electrons. The van der Waals surface area contributed by atoms with Crippen molar-refractivity contribution in [2.45, 2.75) is 38.4 Å². The van der Waals surface area contributed by atoms with Crippen LogP contribution in [-0.2, 0) is 22.3 Å². The molecule has 42 heavy (non-hydrogen) atoms. The van der Waals surface area contributed by atoms with Crippen LogP contribution in [0.5, 0.6) is 0 Å². The molecule has 0 unspecified atom stereocenters. The molecule has 1 aliphatic rings. The second-order valence-corrected chi connectivity index (χ2v) is 10.4. The first-order chi connectivity index (χ1) is 20.2. The molecule has 1 fully saturated rings. The Morgan fingerprint density at radius 2 is 1.76 bits per heavy atom. The molecule has 1 amide bonds. The minimum absolute atomic E-state index is 0.0179. The fourth-order valence-electron chi connectivity index (χ4n) is 4.74. The summed E-state index contributed by atoms with van der Waals surface area (Å²) in [7, 11) is 0. The van der Waals surface area contributed by atoms with Gasteiger partial charge in [0.2, 0.25) is 0 Å². The molecule has 0 bridgehead atoms. The molecular formula is C28H32F3N5O5S. The van der Waals surface area contributed by atoms with Crippen LogP contribution in [0.2, 0.25) is 0 Å². The number of piperidine rings is 1. The van der Waals surface area contributed by atoms with Gasteiger partial charge in [0.25, 0.3) is 18.9 Å². The number of alkyl halides is 3. The van der Waals surface area contributed by atoms with E-state index in [-0.39, 0.29) is 36.7 Å². The fourth-order valence-corrected chi connectivity index (χ4v) is 5.78. The first kappa shape index (κ1) is 32.5. The normalized spacial score (nSPS) is 13.5. The van der Waals surface area contributed by atoms with Gasteiger partial charge in [0.15, 0.2) is 4.96 Å². The number of carboxylic acid groups (broad SMARTS) is 2. The number of carbonyl (C=O) groups excluding carboxylic acids is 1. The molecule has 1 aliphatic heterocycles. The lowest BCUT2D eigenvalue weighted by atomic mass is 10.0. The van der Waals surface area contributed by atoms with Crippen molar-refractivity contribution in [1.29, 1.82) is 0 Å². The van der Waals surface area contributed by atoms with Gasteiger partial charge >= 0.3 is 6.18 Å². The number of benzene rings is 2. The van der Waals surface area contributed by atoms with Crippen LogP contribution in [0.4, 0.5) is 13.2 Å². The zero-order valence-corrected chi connectivity index (χ0v) is 23.5.